The maximum atomic E-state index is 5.07. The van der Waals surface area contributed by atoms with Crippen molar-refractivity contribution < 1.29 is 4.84 Å². The van der Waals surface area contributed by atoms with Gasteiger partial charge in [0.15, 0.2) is 0 Å². The van der Waals surface area contributed by atoms with Crippen molar-refractivity contribution in [3.63, 3.8) is 0 Å². The lowest BCUT2D eigenvalue weighted by atomic mass is 10.2. The Morgan fingerprint density at radius 1 is 1.71 bits per heavy atom. The van der Waals surface area contributed by atoms with Crippen molar-refractivity contribution in [1.82, 2.24) is 10.6 Å². The SMILES string of the molecule is C1CC2CNN2O1. The van der Waals surface area contributed by atoms with Crippen LogP contribution in [-0.4, -0.2) is 24.4 Å². The first-order valence-corrected chi connectivity index (χ1v) is 2.62. The first-order valence-electron chi connectivity index (χ1n) is 2.62. The van der Waals surface area contributed by atoms with E-state index in [-0.39, 0.29) is 0 Å². The predicted molar refractivity (Wildman–Crippen MR) is 24.2 cm³/mol. The van der Waals surface area contributed by atoms with Gasteiger partial charge in [-0.25, -0.2) is 5.43 Å². The Morgan fingerprint density at radius 2 is 2.71 bits per heavy atom. The fourth-order valence-electron chi connectivity index (χ4n) is 0.952. The van der Waals surface area contributed by atoms with E-state index in [1.54, 1.807) is 0 Å². The second kappa shape index (κ2) is 1.18. The molecule has 0 aromatic heterocycles. The Morgan fingerprint density at radius 3 is 3.00 bits per heavy atom. The zero-order valence-electron chi connectivity index (χ0n) is 4.05. The van der Waals surface area contributed by atoms with Crippen LogP contribution in [0.2, 0.25) is 0 Å². The molecule has 0 bridgehead atoms. The molecule has 3 nitrogen and oxygen atoms in total. The van der Waals surface area contributed by atoms with Crippen LogP contribution in [0.25, 0.3) is 0 Å². The van der Waals surface area contributed by atoms with Gasteiger partial charge in [-0.15, -0.1) is 5.17 Å². The third kappa shape index (κ3) is 0.400. The van der Waals surface area contributed by atoms with E-state index in [0.29, 0.717) is 6.04 Å². The lowest BCUT2D eigenvalue weighted by Crippen LogP contribution is -2.57. The van der Waals surface area contributed by atoms with Gasteiger partial charge < -0.3 is 0 Å². The number of hydrogen-bond acceptors (Lipinski definition) is 3. The molecule has 0 spiro atoms. The molecular weight excluding hydrogens is 92.1 g/mol. The molecule has 2 fully saturated rings. The highest BCUT2D eigenvalue weighted by molar-refractivity contribution is 4.77. The summed E-state index contributed by atoms with van der Waals surface area (Å²) in [4.78, 5) is 5.07. The van der Waals surface area contributed by atoms with Crippen molar-refractivity contribution in [1.29, 1.82) is 0 Å². The molecule has 1 unspecified atom stereocenters. The highest BCUT2D eigenvalue weighted by Crippen LogP contribution is 2.16. The van der Waals surface area contributed by atoms with Gasteiger partial charge >= 0.3 is 0 Å². The third-order valence-corrected chi connectivity index (χ3v) is 1.50. The maximum absolute atomic E-state index is 5.07. The van der Waals surface area contributed by atoms with Crippen molar-refractivity contribution in [2.75, 3.05) is 13.2 Å². The molecule has 0 aromatic carbocycles. The van der Waals surface area contributed by atoms with E-state index in [2.05, 4.69) is 5.43 Å². The fraction of sp³-hybridized carbons (Fsp3) is 1.00. The Balaban J connectivity index is 2.03. The number of hydrogen-bond donors (Lipinski definition) is 1. The number of nitrogens with zero attached hydrogens (tertiary/aromatic N) is 1. The standard InChI is InChI=1S/C4H8N2O/c1-2-7-6-4(1)3-5-6/h4-5H,1-3H2. The first kappa shape index (κ1) is 3.83. The first-order chi connectivity index (χ1) is 3.47. The molecule has 2 aliphatic heterocycles. The van der Waals surface area contributed by atoms with Crippen molar-refractivity contribution >= 4 is 0 Å². The minimum absolute atomic E-state index is 0.694. The normalized spacial score (nSPS) is 40.3. The van der Waals surface area contributed by atoms with Crippen LogP contribution in [0.5, 0.6) is 0 Å². The van der Waals surface area contributed by atoms with Gasteiger partial charge in [0, 0.05) is 6.54 Å². The molecule has 1 atom stereocenters. The minimum Gasteiger partial charge on any atom is -0.284 e. The second-order valence-electron chi connectivity index (χ2n) is 1.96. The second-order valence-corrected chi connectivity index (χ2v) is 1.96. The van der Waals surface area contributed by atoms with E-state index in [9.17, 15) is 0 Å². The molecule has 7 heavy (non-hydrogen) atoms. The molecule has 2 saturated heterocycles. The van der Waals surface area contributed by atoms with E-state index >= 15 is 0 Å². The lowest BCUT2D eigenvalue weighted by Gasteiger charge is -2.32. The largest absolute Gasteiger partial charge is 0.284 e. The zero-order valence-corrected chi connectivity index (χ0v) is 4.05. The average Bonchev–Trinajstić information content (AvgIpc) is 1.85. The summed E-state index contributed by atoms with van der Waals surface area (Å²) in [5.74, 6) is 0. The van der Waals surface area contributed by atoms with Gasteiger partial charge in [-0.05, 0) is 6.42 Å². The molecule has 40 valence electrons. The van der Waals surface area contributed by atoms with Gasteiger partial charge in [0.2, 0.25) is 0 Å². The summed E-state index contributed by atoms with van der Waals surface area (Å²) in [5, 5.41) is 1.83. The number of fused-ring (bicyclic) bond motifs is 1. The molecule has 0 aromatic rings. The molecule has 0 radical (unpaired) electrons. The molecule has 2 aliphatic rings. The van der Waals surface area contributed by atoms with E-state index < -0.39 is 0 Å². The van der Waals surface area contributed by atoms with E-state index in [0.717, 1.165) is 13.2 Å². The topological polar surface area (TPSA) is 24.5 Å². The highest BCUT2D eigenvalue weighted by atomic mass is 16.7. The van der Waals surface area contributed by atoms with Crippen LogP contribution in [0.4, 0.5) is 0 Å². The summed E-state index contributed by atoms with van der Waals surface area (Å²) in [5.41, 5.74) is 3.02. The predicted octanol–water partition coefficient (Wildman–Crippen LogP) is -0.489. The van der Waals surface area contributed by atoms with Crippen LogP contribution in [0.15, 0.2) is 0 Å². The number of hydrazine groups is 1. The van der Waals surface area contributed by atoms with Crippen LogP contribution in [0.1, 0.15) is 6.42 Å². The number of rotatable bonds is 0. The quantitative estimate of drug-likeness (QED) is 0.444. The molecule has 0 saturated carbocycles. The summed E-state index contributed by atoms with van der Waals surface area (Å²) in [6.45, 7) is 2.01. The van der Waals surface area contributed by atoms with Crippen molar-refractivity contribution in [2.24, 2.45) is 0 Å². The van der Waals surface area contributed by atoms with Crippen molar-refractivity contribution in [3.8, 4) is 0 Å². The van der Waals surface area contributed by atoms with Crippen LogP contribution >= 0.6 is 0 Å². The molecule has 0 amide bonds. The monoisotopic (exact) mass is 100 g/mol. The van der Waals surface area contributed by atoms with Gasteiger partial charge in [-0.1, -0.05) is 0 Å². The Labute approximate surface area is 42.2 Å². The van der Waals surface area contributed by atoms with E-state index in [1.807, 2.05) is 5.17 Å². The summed E-state index contributed by atoms with van der Waals surface area (Å²) in [7, 11) is 0. The Hall–Kier alpha value is -0.120. The zero-order chi connectivity index (χ0) is 4.69. The molecule has 0 aliphatic carbocycles. The van der Waals surface area contributed by atoms with Gasteiger partial charge in [0.05, 0.1) is 12.6 Å². The van der Waals surface area contributed by atoms with E-state index in [1.165, 1.54) is 6.42 Å². The summed E-state index contributed by atoms with van der Waals surface area (Å²) in [6, 6.07) is 0.694. The molecule has 1 N–H and O–H groups in total. The maximum Gasteiger partial charge on any atom is 0.0718 e. The highest BCUT2D eigenvalue weighted by Gasteiger charge is 2.33. The van der Waals surface area contributed by atoms with Crippen molar-refractivity contribution in [3.05, 3.63) is 0 Å². The lowest BCUT2D eigenvalue weighted by molar-refractivity contribution is -0.217. The van der Waals surface area contributed by atoms with Gasteiger partial charge in [0.25, 0.3) is 0 Å². The summed E-state index contributed by atoms with van der Waals surface area (Å²) < 4.78 is 0. The summed E-state index contributed by atoms with van der Waals surface area (Å²) in [6.07, 6.45) is 1.20. The molecule has 3 heteroatoms. The van der Waals surface area contributed by atoms with Crippen LogP contribution < -0.4 is 5.43 Å². The minimum atomic E-state index is 0.694. The van der Waals surface area contributed by atoms with Crippen LogP contribution in [0, 0.1) is 0 Å². The number of nitrogens with one attached hydrogen (secondary N) is 1. The smallest absolute Gasteiger partial charge is 0.0718 e. The van der Waals surface area contributed by atoms with E-state index in [4.69, 9.17) is 4.84 Å². The fourth-order valence-corrected chi connectivity index (χ4v) is 0.952. The van der Waals surface area contributed by atoms with Gasteiger partial charge in [-0.2, -0.15) is 0 Å². The number of hydroxylamine groups is 1. The average molecular weight is 100 g/mol. The van der Waals surface area contributed by atoms with Gasteiger partial charge in [0.1, 0.15) is 0 Å². The van der Waals surface area contributed by atoms with Gasteiger partial charge in [-0.3, -0.25) is 4.84 Å². The Kier molecular flexibility index (Phi) is 0.647. The summed E-state index contributed by atoms with van der Waals surface area (Å²) >= 11 is 0. The van der Waals surface area contributed by atoms with Crippen molar-refractivity contribution in [2.45, 2.75) is 12.5 Å². The van der Waals surface area contributed by atoms with Crippen LogP contribution in [-0.2, 0) is 4.84 Å². The molecule has 2 heterocycles. The molecular formula is C4H8N2O. The van der Waals surface area contributed by atoms with Crippen LogP contribution in [0.3, 0.4) is 0 Å². The Bertz CT molecular complexity index is 75.8. The molecule has 2 rings (SSSR count). The third-order valence-electron chi connectivity index (χ3n) is 1.50.